The Bertz CT molecular complexity index is 952. The maximum atomic E-state index is 13.3. The number of hydrogen-bond acceptors (Lipinski definition) is 3. The van der Waals surface area contributed by atoms with E-state index in [4.69, 9.17) is 11.6 Å². The first-order chi connectivity index (χ1) is 13.8. The van der Waals surface area contributed by atoms with E-state index in [0.29, 0.717) is 29.6 Å². The average Bonchev–Trinajstić information content (AvgIpc) is 2.70. The second kappa shape index (κ2) is 9.28. The molecule has 1 fully saturated rings. The van der Waals surface area contributed by atoms with Crippen LogP contribution in [0.15, 0.2) is 53.4 Å². The summed E-state index contributed by atoms with van der Waals surface area (Å²) in [6, 6.07) is 13.8. The summed E-state index contributed by atoms with van der Waals surface area (Å²) in [5, 5.41) is 0.482. The highest BCUT2D eigenvalue weighted by molar-refractivity contribution is 7.89. The fraction of sp³-hybridized carbons (Fsp3) is 0.409. The number of carbonyl (C=O) groups is 1. The molecule has 1 saturated heterocycles. The van der Waals surface area contributed by atoms with Crippen molar-refractivity contribution < 1.29 is 13.2 Å². The number of halogens is 1. The monoisotopic (exact) mass is 434 g/mol. The SMILES string of the molecule is Cc1ccc(S(=O)(=O)N(CC(=O)N2CCC(C)CC2)Cc2ccccc2Cl)cc1. The smallest absolute Gasteiger partial charge is 0.243 e. The molecule has 1 aliphatic heterocycles. The van der Waals surface area contributed by atoms with Gasteiger partial charge in [-0.15, -0.1) is 0 Å². The molecule has 29 heavy (non-hydrogen) atoms. The summed E-state index contributed by atoms with van der Waals surface area (Å²) < 4.78 is 27.9. The predicted molar refractivity (Wildman–Crippen MR) is 115 cm³/mol. The Hall–Kier alpha value is -1.89. The van der Waals surface area contributed by atoms with Gasteiger partial charge in [-0.3, -0.25) is 4.79 Å². The van der Waals surface area contributed by atoms with Crippen LogP contribution in [0.25, 0.3) is 0 Å². The van der Waals surface area contributed by atoms with E-state index in [1.165, 1.54) is 4.31 Å². The van der Waals surface area contributed by atoms with Crippen molar-refractivity contribution in [1.82, 2.24) is 9.21 Å². The first-order valence-corrected chi connectivity index (χ1v) is 11.7. The summed E-state index contributed by atoms with van der Waals surface area (Å²) in [5.41, 5.74) is 1.64. The summed E-state index contributed by atoms with van der Waals surface area (Å²) in [6.07, 6.45) is 1.89. The van der Waals surface area contributed by atoms with E-state index in [2.05, 4.69) is 6.92 Å². The molecule has 2 aromatic rings. The van der Waals surface area contributed by atoms with E-state index < -0.39 is 10.0 Å². The highest BCUT2D eigenvalue weighted by Crippen LogP contribution is 2.24. The maximum Gasteiger partial charge on any atom is 0.243 e. The number of rotatable bonds is 6. The Morgan fingerprint density at radius 2 is 1.72 bits per heavy atom. The number of hydrogen-bond donors (Lipinski definition) is 0. The topological polar surface area (TPSA) is 57.7 Å². The molecule has 0 unspecified atom stereocenters. The van der Waals surface area contributed by atoms with Gasteiger partial charge in [0.15, 0.2) is 0 Å². The van der Waals surface area contributed by atoms with Crippen LogP contribution in [0.3, 0.4) is 0 Å². The third-order valence-electron chi connectivity index (χ3n) is 5.41. The zero-order valence-corrected chi connectivity index (χ0v) is 18.4. The zero-order valence-electron chi connectivity index (χ0n) is 16.8. The van der Waals surface area contributed by atoms with Gasteiger partial charge in [0.05, 0.1) is 11.4 Å². The van der Waals surface area contributed by atoms with Crippen molar-refractivity contribution in [3.8, 4) is 0 Å². The summed E-state index contributed by atoms with van der Waals surface area (Å²) in [5.74, 6) is 0.425. The molecule has 7 heteroatoms. The van der Waals surface area contributed by atoms with Crippen LogP contribution >= 0.6 is 11.6 Å². The number of sulfonamides is 1. The van der Waals surface area contributed by atoms with Crippen LogP contribution in [0, 0.1) is 12.8 Å². The molecule has 156 valence electrons. The summed E-state index contributed by atoms with van der Waals surface area (Å²) in [7, 11) is -3.85. The minimum absolute atomic E-state index is 0.0475. The molecule has 1 heterocycles. The molecule has 0 spiro atoms. The molecule has 0 aliphatic carbocycles. The zero-order chi connectivity index (χ0) is 21.0. The van der Waals surface area contributed by atoms with Crippen LogP contribution in [0.1, 0.15) is 30.9 Å². The number of benzene rings is 2. The van der Waals surface area contributed by atoms with Gasteiger partial charge >= 0.3 is 0 Å². The third-order valence-corrected chi connectivity index (χ3v) is 7.59. The van der Waals surface area contributed by atoms with E-state index in [9.17, 15) is 13.2 Å². The van der Waals surface area contributed by atoms with Gasteiger partial charge in [-0.05, 0) is 49.4 Å². The molecule has 2 aromatic carbocycles. The fourth-order valence-corrected chi connectivity index (χ4v) is 4.97. The molecule has 0 aromatic heterocycles. The summed E-state index contributed by atoms with van der Waals surface area (Å²) in [6.45, 7) is 5.27. The van der Waals surface area contributed by atoms with Crippen molar-refractivity contribution >= 4 is 27.5 Å². The van der Waals surface area contributed by atoms with E-state index >= 15 is 0 Å². The van der Waals surface area contributed by atoms with Crippen LogP contribution < -0.4 is 0 Å². The summed E-state index contributed by atoms with van der Waals surface area (Å²) in [4.78, 5) is 14.9. The molecule has 0 bridgehead atoms. The fourth-order valence-electron chi connectivity index (χ4n) is 3.41. The Morgan fingerprint density at radius 1 is 1.10 bits per heavy atom. The standard InChI is InChI=1S/C22H27ClN2O3S/c1-17-7-9-20(10-8-17)29(27,28)25(15-19-5-3-4-6-21(19)23)16-22(26)24-13-11-18(2)12-14-24/h3-10,18H,11-16H2,1-2H3. The Balaban J connectivity index is 1.88. The average molecular weight is 435 g/mol. The Labute approximate surface area is 178 Å². The lowest BCUT2D eigenvalue weighted by molar-refractivity contribution is -0.132. The summed E-state index contributed by atoms with van der Waals surface area (Å²) >= 11 is 6.27. The third kappa shape index (κ3) is 5.38. The van der Waals surface area contributed by atoms with E-state index in [0.717, 1.165) is 18.4 Å². The van der Waals surface area contributed by atoms with Gasteiger partial charge in [0.1, 0.15) is 0 Å². The van der Waals surface area contributed by atoms with Crippen molar-refractivity contribution in [2.24, 2.45) is 5.92 Å². The first kappa shape index (κ1) is 21.8. The molecule has 0 radical (unpaired) electrons. The Kier molecular flexibility index (Phi) is 6.98. The highest BCUT2D eigenvalue weighted by Gasteiger charge is 2.30. The predicted octanol–water partition coefficient (Wildman–Crippen LogP) is 4.10. The maximum absolute atomic E-state index is 13.3. The molecule has 3 rings (SSSR count). The highest BCUT2D eigenvalue weighted by atomic mass is 35.5. The van der Waals surface area contributed by atoms with Crippen LogP contribution in [0.4, 0.5) is 0 Å². The number of aryl methyl sites for hydroxylation is 1. The number of carbonyl (C=O) groups excluding carboxylic acids is 1. The lowest BCUT2D eigenvalue weighted by Crippen LogP contribution is -2.45. The lowest BCUT2D eigenvalue weighted by Gasteiger charge is -2.32. The van der Waals surface area contributed by atoms with Gasteiger partial charge in [-0.25, -0.2) is 8.42 Å². The van der Waals surface area contributed by atoms with Gasteiger partial charge in [-0.1, -0.05) is 54.4 Å². The van der Waals surface area contributed by atoms with E-state index in [1.54, 1.807) is 47.4 Å². The van der Waals surface area contributed by atoms with Gasteiger partial charge in [0.2, 0.25) is 15.9 Å². The lowest BCUT2D eigenvalue weighted by atomic mass is 9.99. The van der Waals surface area contributed by atoms with Gasteiger partial charge in [-0.2, -0.15) is 4.31 Å². The first-order valence-electron chi connectivity index (χ1n) is 9.85. The van der Waals surface area contributed by atoms with Crippen molar-refractivity contribution in [3.05, 3.63) is 64.7 Å². The molecule has 1 aliphatic rings. The second-order valence-corrected chi connectivity index (χ2v) is 10.1. The molecule has 5 nitrogen and oxygen atoms in total. The van der Waals surface area contributed by atoms with Crippen LogP contribution in [0.5, 0.6) is 0 Å². The minimum atomic E-state index is -3.85. The quantitative estimate of drug-likeness (QED) is 0.687. The van der Waals surface area contributed by atoms with Crippen molar-refractivity contribution in [2.45, 2.75) is 38.1 Å². The van der Waals surface area contributed by atoms with Crippen molar-refractivity contribution in [1.29, 1.82) is 0 Å². The largest absolute Gasteiger partial charge is 0.342 e. The van der Waals surface area contributed by atoms with Gasteiger partial charge in [0, 0.05) is 24.7 Å². The van der Waals surface area contributed by atoms with Gasteiger partial charge < -0.3 is 4.90 Å². The molecule has 1 amide bonds. The molecular weight excluding hydrogens is 408 g/mol. The number of piperidine rings is 1. The van der Waals surface area contributed by atoms with Crippen molar-refractivity contribution in [3.63, 3.8) is 0 Å². The molecule has 0 N–H and O–H groups in total. The van der Waals surface area contributed by atoms with E-state index in [1.807, 2.05) is 13.0 Å². The number of nitrogens with zero attached hydrogens (tertiary/aromatic N) is 2. The molecule has 0 atom stereocenters. The second-order valence-electron chi connectivity index (χ2n) is 7.74. The van der Waals surface area contributed by atoms with Crippen LogP contribution in [-0.2, 0) is 21.4 Å². The van der Waals surface area contributed by atoms with Crippen LogP contribution in [-0.4, -0.2) is 43.2 Å². The minimum Gasteiger partial charge on any atom is -0.342 e. The van der Waals surface area contributed by atoms with E-state index in [-0.39, 0.29) is 23.9 Å². The number of amides is 1. The molecule has 0 saturated carbocycles. The van der Waals surface area contributed by atoms with Gasteiger partial charge in [0.25, 0.3) is 0 Å². The van der Waals surface area contributed by atoms with Crippen molar-refractivity contribution in [2.75, 3.05) is 19.6 Å². The normalized spacial score (nSPS) is 15.7. The van der Waals surface area contributed by atoms with Crippen LogP contribution in [0.2, 0.25) is 5.02 Å². The molecular formula is C22H27ClN2O3S. The Morgan fingerprint density at radius 3 is 2.34 bits per heavy atom. The number of likely N-dealkylation sites (tertiary alicyclic amines) is 1.